The quantitative estimate of drug-likeness (QED) is 0.161. The van der Waals surface area contributed by atoms with Crippen LogP contribution in [0.4, 0.5) is 0 Å². The average Bonchev–Trinajstić information content (AvgIpc) is 3.80. The summed E-state index contributed by atoms with van der Waals surface area (Å²) in [5, 5.41) is 0. The van der Waals surface area contributed by atoms with Crippen molar-refractivity contribution < 1.29 is 28.4 Å². The number of fused-ring (bicyclic) bond motifs is 6. The summed E-state index contributed by atoms with van der Waals surface area (Å²) in [7, 11) is 3.64. The van der Waals surface area contributed by atoms with Gasteiger partial charge in [0.1, 0.15) is 60.9 Å². The molecule has 0 N–H and O–H groups in total. The lowest BCUT2D eigenvalue weighted by Crippen LogP contribution is -2.18. The van der Waals surface area contributed by atoms with Crippen LogP contribution in [0.3, 0.4) is 0 Å². The van der Waals surface area contributed by atoms with Crippen LogP contribution in [0, 0.1) is 5.77 Å². The van der Waals surface area contributed by atoms with Crippen molar-refractivity contribution in [1.82, 2.24) is 0 Å². The smallest absolute Gasteiger partial charge is 0.140 e. The largest absolute Gasteiger partial charge is 0.496 e. The zero-order valence-corrected chi connectivity index (χ0v) is 48.4. The van der Waals surface area contributed by atoms with Crippen LogP contribution in [-0.2, 0) is 47.3 Å². The molecule has 0 radical (unpaired) electrons. The van der Waals surface area contributed by atoms with Gasteiger partial charge in [-0.05, 0) is 134 Å². The zero-order chi connectivity index (χ0) is 49.1. The lowest BCUT2D eigenvalue weighted by Gasteiger charge is -2.29. The van der Waals surface area contributed by atoms with E-state index in [1.54, 1.807) is 22.7 Å². The first kappa shape index (κ1) is 50.9. The third-order valence-electron chi connectivity index (χ3n) is 13.1. The van der Waals surface area contributed by atoms with Crippen LogP contribution in [0.2, 0.25) is 0 Å². The second-order valence-corrected chi connectivity index (χ2v) is 28.4. The lowest BCUT2D eigenvalue weighted by molar-refractivity contribution is 0.214. The summed E-state index contributed by atoms with van der Waals surface area (Å²) in [6, 6.07) is 23.2. The van der Waals surface area contributed by atoms with Crippen molar-refractivity contribution in [3.05, 3.63) is 133 Å². The maximum atomic E-state index is 7.17. The Labute approximate surface area is 441 Å². The fraction of sp³-hybridized carbons (Fsp3) is 0.448. The van der Waals surface area contributed by atoms with Gasteiger partial charge in [0.25, 0.3) is 0 Å². The minimum absolute atomic E-state index is 0.131. The summed E-state index contributed by atoms with van der Waals surface area (Å²) in [5.74, 6) is 5.23. The van der Waals surface area contributed by atoms with Crippen molar-refractivity contribution in [3.63, 3.8) is 0 Å². The van der Waals surface area contributed by atoms with Crippen LogP contribution < -0.4 is 28.4 Å². The Morgan fingerprint density at radius 3 is 0.882 bits per heavy atom. The van der Waals surface area contributed by atoms with Gasteiger partial charge >= 0.3 is 0 Å². The first-order valence-corrected chi connectivity index (χ1v) is 27.5. The number of hydrogen-bond acceptors (Lipinski definition) is 8. The minimum Gasteiger partial charge on any atom is -0.496 e. The Kier molecular flexibility index (Phi) is 14.7. The number of ether oxygens (including phenoxy) is 6. The van der Waals surface area contributed by atoms with E-state index in [-0.39, 0.29) is 21.7 Å². The van der Waals surface area contributed by atoms with E-state index in [4.69, 9.17) is 28.4 Å². The highest BCUT2D eigenvalue weighted by atomic mass is 127. The molecule has 4 heterocycles. The molecule has 0 atom stereocenters. The summed E-state index contributed by atoms with van der Waals surface area (Å²) in [6.45, 7) is 29.0. The zero-order valence-electron chi connectivity index (χ0n) is 42.5. The van der Waals surface area contributed by atoms with Crippen LogP contribution in [0.1, 0.15) is 150 Å². The maximum absolute atomic E-state index is 7.17. The molecule has 2 aromatic heterocycles. The summed E-state index contributed by atoms with van der Waals surface area (Å²) < 4.78 is 43.2. The number of halogens is 2. The predicted octanol–water partition coefficient (Wildman–Crippen LogP) is 15.8. The van der Waals surface area contributed by atoms with E-state index >= 15 is 0 Å². The number of hydrogen-bond donors (Lipinski definition) is 0. The van der Waals surface area contributed by atoms with E-state index in [1.165, 1.54) is 22.3 Å². The van der Waals surface area contributed by atoms with E-state index in [9.17, 15) is 0 Å². The SMILES string of the molecule is COc1c2cc(C(C)(C)C)cc1Cc1cc(C(C)(C)C)cc3c1OCCOc1cc(I)sc1-c1sc(I)cc1OCCOc1c(cc(C(C)(C)C)cc1Cc1cc(C(C)(C)C)cc(c1OC)C3)C2. The average molecular weight is 1180 g/mol. The first-order valence-electron chi connectivity index (χ1n) is 23.7. The Morgan fingerprint density at radius 1 is 0.382 bits per heavy atom. The number of benzene rings is 4. The molecule has 1 aliphatic carbocycles. The van der Waals surface area contributed by atoms with Gasteiger partial charge < -0.3 is 28.4 Å². The van der Waals surface area contributed by atoms with Gasteiger partial charge in [0.2, 0.25) is 0 Å². The molecule has 68 heavy (non-hydrogen) atoms. The van der Waals surface area contributed by atoms with Gasteiger partial charge in [0.05, 0.1) is 29.7 Å². The van der Waals surface area contributed by atoms with Gasteiger partial charge in [-0.3, -0.25) is 0 Å². The molecule has 10 heteroatoms. The minimum atomic E-state index is -0.140. The Balaban J connectivity index is 1.47. The summed E-state index contributed by atoms with van der Waals surface area (Å²) in [4.78, 5) is 2.13. The molecule has 9 rings (SSSR count). The van der Waals surface area contributed by atoms with Crippen molar-refractivity contribution in [1.29, 1.82) is 0 Å². The molecule has 0 saturated carbocycles. The highest BCUT2D eigenvalue weighted by molar-refractivity contribution is 14.1. The van der Waals surface area contributed by atoms with Crippen molar-refractivity contribution in [2.75, 3.05) is 40.6 Å². The van der Waals surface area contributed by atoms with E-state index < -0.39 is 0 Å². The van der Waals surface area contributed by atoms with Gasteiger partial charge in [-0.2, -0.15) is 0 Å². The Morgan fingerprint density at radius 2 is 0.632 bits per heavy atom. The number of rotatable bonds is 2. The predicted molar refractivity (Wildman–Crippen MR) is 300 cm³/mol. The monoisotopic (exact) mass is 1180 g/mol. The molecule has 3 aliphatic rings. The van der Waals surface area contributed by atoms with Gasteiger partial charge in [-0.1, -0.05) is 132 Å². The molecule has 4 aromatic carbocycles. The lowest BCUT2D eigenvalue weighted by atomic mass is 9.79. The Hall–Kier alpha value is -3.46. The Bertz CT molecular complexity index is 2550. The third kappa shape index (κ3) is 11.0. The molecule has 0 fully saturated rings. The molecule has 362 valence electrons. The van der Waals surface area contributed by atoms with Crippen LogP contribution in [0.15, 0.2) is 60.7 Å². The molecule has 0 unspecified atom stereocenters. The second kappa shape index (κ2) is 19.6. The molecular formula is C58H68I2O6S2. The van der Waals surface area contributed by atoms with Crippen LogP contribution >= 0.6 is 67.9 Å². The first-order chi connectivity index (χ1) is 31.9. The molecular weight excluding hydrogens is 1110 g/mol. The van der Waals surface area contributed by atoms with Gasteiger partial charge in [0.15, 0.2) is 0 Å². The molecule has 2 aliphatic heterocycles. The van der Waals surface area contributed by atoms with Crippen molar-refractivity contribution >= 4 is 67.9 Å². The van der Waals surface area contributed by atoms with Crippen molar-refractivity contribution in [2.24, 2.45) is 0 Å². The van der Waals surface area contributed by atoms with Gasteiger partial charge in [-0.25, -0.2) is 0 Å². The molecule has 0 spiro atoms. The summed E-state index contributed by atoms with van der Waals surface area (Å²) >= 11 is 8.24. The van der Waals surface area contributed by atoms with Crippen molar-refractivity contribution in [2.45, 2.75) is 130 Å². The van der Waals surface area contributed by atoms with Crippen molar-refractivity contribution in [3.8, 4) is 44.3 Å². The normalized spacial score (nSPS) is 14.8. The molecule has 0 saturated heterocycles. The molecule has 6 nitrogen and oxygen atoms in total. The maximum Gasteiger partial charge on any atom is 0.140 e. The van der Waals surface area contributed by atoms with Crippen LogP contribution in [0.25, 0.3) is 9.75 Å². The highest BCUT2D eigenvalue weighted by Gasteiger charge is 2.30. The van der Waals surface area contributed by atoms with E-state index in [0.29, 0.717) is 52.1 Å². The standard InChI is InChI=1S/C58H68I2O6S2/c1-55(2,3)41-23-33-19-37-27-43(57(7,8)9)29-39-21-35-25-42(56(4,5)6)26-36(50(35)62-14)22-40-30-44(58(10,11)12)28-38(20-34(24-41)49(33)61-13)52(40)66-18-16-64-46-32-48(60)68-54(46)53-45(31-47(59)67-53)63-15-17-65-51(37)39/h23-32H,15-22H2,1-14H3. The number of thiophene rings is 2. The van der Waals surface area contributed by atoms with Gasteiger partial charge in [-0.15, -0.1) is 22.7 Å². The van der Waals surface area contributed by atoms with Crippen LogP contribution in [0.5, 0.6) is 34.5 Å². The highest BCUT2D eigenvalue weighted by Crippen LogP contribution is 2.49. The topological polar surface area (TPSA) is 55.4 Å². The van der Waals surface area contributed by atoms with Crippen LogP contribution in [-0.4, -0.2) is 40.6 Å². The summed E-state index contributed by atoms with van der Waals surface area (Å²) in [5.41, 5.74) is 13.5. The van der Waals surface area contributed by atoms with E-state index in [2.05, 4.69) is 189 Å². The third-order valence-corrected chi connectivity index (χ3v) is 17.0. The van der Waals surface area contributed by atoms with E-state index in [0.717, 1.165) is 94.5 Å². The molecule has 0 amide bonds. The molecule has 10 bridgehead atoms. The fourth-order valence-corrected chi connectivity index (χ4v) is 13.0. The summed E-state index contributed by atoms with van der Waals surface area (Å²) in [6.07, 6.45) is 2.44. The van der Waals surface area contributed by atoms with Gasteiger partial charge in [0, 0.05) is 37.8 Å². The fourth-order valence-electron chi connectivity index (χ4n) is 9.33. The second-order valence-electron chi connectivity index (χ2n) is 22.5. The number of methoxy groups -OCH3 is 2. The molecule has 6 aromatic rings. The van der Waals surface area contributed by atoms with E-state index in [1.807, 2.05) is 14.2 Å².